The molecule has 1 amide bonds. The first-order valence-corrected chi connectivity index (χ1v) is 8.64. The van der Waals surface area contributed by atoms with Gasteiger partial charge < -0.3 is 14.2 Å². The molecule has 136 valence electrons. The number of nitriles is 1. The summed E-state index contributed by atoms with van der Waals surface area (Å²) in [6.07, 6.45) is -0.433. The van der Waals surface area contributed by atoms with Crippen molar-refractivity contribution in [2.75, 3.05) is 6.54 Å². The lowest BCUT2D eigenvalue weighted by Gasteiger charge is -2.31. The number of benzene rings is 1. The summed E-state index contributed by atoms with van der Waals surface area (Å²) in [4.78, 5) is 13.9. The average Bonchev–Trinajstić information content (AvgIpc) is 2.85. The molecule has 2 heterocycles. The molecule has 0 unspecified atom stereocenters. The highest BCUT2D eigenvalue weighted by molar-refractivity contribution is 6.33. The highest BCUT2D eigenvalue weighted by atomic mass is 35.5. The Hall–Kier alpha value is -2.52. The van der Waals surface area contributed by atoms with Crippen LogP contribution in [0.4, 0.5) is 9.18 Å². The van der Waals surface area contributed by atoms with Crippen molar-refractivity contribution >= 4 is 17.7 Å². The van der Waals surface area contributed by atoms with Crippen molar-refractivity contribution in [3.8, 4) is 17.2 Å². The molecule has 0 aliphatic carbocycles. The van der Waals surface area contributed by atoms with Crippen LogP contribution in [0, 0.1) is 17.1 Å². The summed E-state index contributed by atoms with van der Waals surface area (Å²) in [5, 5.41) is 10.1. The normalized spacial score (nSPS) is 13.9. The number of hydrogen-bond acceptors (Lipinski definition) is 3. The molecule has 1 aliphatic heterocycles. The van der Waals surface area contributed by atoms with Crippen molar-refractivity contribution in [2.24, 2.45) is 0 Å². The number of carbonyl (C=O) groups excluding carboxylic acids is 1. The largest absolute Gasteiger partial charge is 0.444 e. The van der Waals surface area contributed by atoms with Gasteiger partial charge in [0.05, 0.1) is 17.8 Å². The van der Waals surface area contributed by atoms with E-state index in [1.165, 1.54) is 12.1 Å². The number of hydrogen-bond donors (Lipinski definition) is 0. The summed E-state index contributed by atoms with van der Waals surface area (Å²) < 4.78 is 20.8. The molecule has 2 aromatic rings. The van der Waals surface area contributed by atoms with E-state index in [-0.39, 0.29) is 6.54 Å². The zero-order valence-electron chi connectivity index (χ0n) is 14.8. The number of halogens is 2. The van der Waals surface area contributed by atoms with Crippen molar-refractivity contribution in [3.05, 3.63) is 46.5 Å². The minimum Gasteiger partial charge on any atom is -0.444 e. The van der Waals surface area contributed by atoms with Crippen LogP contribution in [0.2, 0.25) is 5.15 Å². The van der Waals surface area contributed by atoms with Crippen LogP contribution in [-0.4, -0.2) is 27.7 Å². The molecule has 0 spiro atoms. The summed E-state index contributed by atoms with van der Waals surface area (Å²) >= 11 is 6.50. The molecule has 0 saturated heterocycles. The van der Waals surface area contributed by atoms with Gasteiger partial charge in [0.15, 0.2) is 0 Å². The van der Waals surface area contributed by atoms with E-state index < -0.39 is 17.5 Å². The molecule has 1 aliphatic rings. The van der Waals surface area contributed by atoms with Gasteiger partial charge >= 0.3 is 6.09 Å². The van der Waals surface area contributed by atoms with Crippen LogP contribution in [0.15, 0.2) is 24.3 Å². The highest BCUT2D eigenvalue weighted by Gasteiger charge is 2.31. The molecule has 0 bridgehead atoms. The fourth-order valence-electron chi connectivity index (χ4n) is 3.02. The standard InChI is InChI=1S/C19H19ClFN3O2/c1-19(2,3)26-18(25)23-7-8-24-15(11-23)14(10-22)16(17(24)20)12-5-4-6-13(21)9-12/h4-6,9H,7-8,11H2,1-3H3. The molecule has 5 nitrogen and oxygen atoms in total. The van der Waals surface area contributed by atoms with E-state index in [2.05, 4.69) is 6.07 Å². The van der Waals surface area contributed by atoms with Crippen LogP contribution in [0.25, 0.3) is 11.1 Å². The van der Waals surface area contributed by atoms with Gasteiger partial charge in [-0.25, -0.2) is 9.18 Å². The predicted molar refractivity (Wildman–Crippen MR) is 96.2 cm³/mol. The van der Waals surface area contributed by atoms with E-state index in [9.17, 15) is 14.4 Å². The van der Waals surface area contributed by atoms with E-state index in [0.29, 0.717) is 40.6 Å². The van der Waals surface area contributed by atoms with Crippen molar-refractivity contribution < 1.29 is 13.9 Å². The Morgan fingerprint density at radius 1 is 1.35 bits per heavy atom. The lowest BCUT2D eigenvalue weighted by molar-refractivity contribution is 0.0199. The lowest BCUT2D eigenvalue weighted by Crippen LogP contribution is -2.41. The van der Waals surface area contributed by atoms with Crippen LogP contribution in [-0.2, 0) is 17.8 Å². The van der Waals surface area contributed by atoms with Gasteiger partial charge in [0.25, 0.3) is 0 Å². The van der Waals surface area contributed by atoms with E-state index >= 15 is 0 Å². The van der Waals surface area contributed by atoms with Gasteiger partial charge in [-0.1, -0.05) is 23.7 Å². The Kier molecular flexibility index (Phi) is 4.68. The van der Waals surface area contributed by atoms with Crippen LogP contribution in [0.3, 0.4) is 0 Å². The van der Waals surface area contributed by atoms with Gasteiger partial charge in [-0.05, 0) is 38.5 Å². The third-order valence-electron chi connectivity index (χ3n) is 4.12. The Morgan fingerprint density at radius 3 is 2.69 bits per heavy atom. The highest BCUT2D eigenvalue weighted by Crippen LogP contribution is 2.38. The Bertz CT molecular complexity index is 909. The van der Waals surface area contributed by atoms with Crippen molar-refractivity contribution in [1.29, 1.82) is 5.26 Å². The fraction of sp³-hybridized carbons (Fsp3) is 0.368. The molecule has 0 saturated carbocycles. The topological polar surface area (TPSA) is 58.3 Å². The van der Waals surface area contributed by atoms with Gasteiger partial charge in [-0.3, -0.25) is 0 Å². The number of carbonyl (C=O) groups is 1. The van der Waals surface area contributed by atoms with Crippen LogP contribution < -0.4 is 0 Å². The average molecular weight is 376 g/mol. The molecule has 0 atom stereocenters. The maximum atomic E-state index is 13.6. The molecule has 26 heavy (non-hydrogen) atoms. The SMILES string of the molecule is CC(C)(C)OC(=O)N1CCn2c(Cl)c(-c3cccc(F)c3)c(C#N)c2C1. The summed E-state index contributed by atoms with van der Waals surface area (Å²) in [5.74, 6) is -0.401. The molecule has 1 aromatic carbocycles. The summed E-state index contributed by atoms with van der Waals surface area (Å²) in [7, 11) is 0. The van der Waals surface area contributed by atoms with E-state index in [4.69, 9.17) is 16.3 Å². The van der Waals surface area contributed by atoms with E-state index in [0.717, 1.165) is 0 Å². The smallest absolute Gasteiger partial charge is 0.410 e. The van der Waals surface area contributed by atoms with Crippen LogP contribution in [0.1, 0.15) is 32.0 Å². The number of fused-ring (bicyclic) bond motifs is 1. The molecule has 1 aromatic heterocycles. The summed E-state index contributed by atoms with van der Waals surface area (Å²) in [5.41, 5.74) is 1.42. The lowest BCUT2D eigenvalue weighted by atomic mass is 10.0. The van der Waals surface area contributed by atoms with Gasteiger partial charge in [0.2, 0.25) is 0 Å². The monoisotopic (exact) mass is 375 g/mol. The quantitative estimate of drug-likeness (QED) is 0.733. The second-order valence-corrected chi connectivity index (χ2v) is 7.52. The number of amides is 1. The van der Waals surface area contributed by atoms with Gasteiger partial charge in [0.1, 0.15) is 22.6 Å². The van der Waals surface area contributed by atoms with Crippen molar-refractivity contribution in [1.82, 2.24) is 9.47 Å². The Morgan fingerprint density at radius 2 is 2.08 bits per heavy atom. The second-order valence-electron chi connectivity index (χ2n) is 7.16. The zero-order valence-corrected chi connectivity index (χ0v) is 15.6. The number of aromatic nitrogens is 1. The van der Waals surface area contributed by atoms with Gasteiger partial charge in [-0.2, -0.15) is 5.26 Å². The molecule has 0 radical (unpaired) electrons. The number of rotatable bonds is 1. The zero-order chi connectivity index (χ0) is 19.1. The second kappa shape index (κ2) is 6.65. The first-order chi connectivity index (χ1) is 12.2. The summed E-state index contributed by atoms with van der Waals surface area (Å²) in [6, 6.07) is 8.13. The number of ether oxygens (including phenoxy) is 1. The van der Waals surface area contributed by atoms with E-state index in [1.54, 1.807) is 42.4 Å². The fourth-order valence-corrected chi connectivity index (χ4v) is 3.41. The molecule has 0 fully saturated rings. The maximum Gasteiger partial charge on any atom is 0.410 e. The van der Waals surface area contributed by atoms with Crippen molar-refractivity contribution in [3.63, 3.8) is 0 Å². The summed E-state index contributed by atoms with van der Waals surface area (Å²) in [6.45, 7) is 6.49. The molecule has 0 N–H and O–H groups in total. The first-order valence-electron chi connectivity index (χ1n) is 8.26. The predicted octanol–water partition coefficient (Wildman–Crippen LogP) is 4.57. The maximum absolute atomic E-state index is 13.6. The van der Waals surface area contributed by atoms with Gasteiger partial charge in [-0.15, -0.1) is 0 Å². The molecule has 3 rings (SSSR count). The van der Waals surface area contributed by atoms with Crippen molar-refractivity contribution in [2.45, 2.75) is 39.5 Å². The van der Waals surface area contributed by atoms with Crippen LogP contribution >= 0.6 is 11.6 Å². The van der Waals surface area contributed by atoms with E-state index in [1.807, 2.05) is 0 Å². The molecular formula is C19H19ClFN3O2. The minimum absolute atomic E-state index is 0.215. The Labute approximate surface area is 156 Å². The number of nitrogens with zero attached hydrogens (tertiary/aromatic N) is 3. The van der Waals surface area contributed by atoms with Gasteiger partial charge in [0, 0.05) is 18.7 Å². The van der Waals surface area contributed by atoms with Crippen LogP contribution in [0.5, 0.6) is 0 Å². The third kappa shape index (κ3) is 3.40. The third-order valence-corrected chi connectivity index (χ3v) is 4.51. The first kappa shape index (κ1) is 18.3. The molecular weight excluding hydrogens is 357 g/mol. The minimum atomic E-state index is -0.598. The Balaban J connectivity index is 2.00. The molecule has 7 heteroatoms.